The average molecular weight is 367 g/mol. The normalized spacial score (nSPS) is 25.9. The second-order valence-corrected chi connectivity index (χ2v) is 9.43. The van der Waals surface area contributed by atoms with Gasteiger partial charge in [-0.3, -0.25) is 8.85 Å². The summed E-state index contributed by atoms with van der Waals surface area (Å²) in [6.45, 7) is 4.54. The number of piperidine rings is 1. The Labute approximate surface area is 147 Å². The Bertz CT molecular complexity index is 666. The van der Waals surface area contributed by atoms with Gasteiger partial charge < -0.3 is 0 Å². The van der Waals surface area contributed by atoms with Crippen LogP contribution in [-0.2, 0) is 14.3 Å². The van der Waals surface area contributed by atoms with Crippen molar-refractivity contribution in [1.29, 1.82) is 0 Å². The van der Waals surface area contributed by atoms with Crippen molar-refractivity contribution in [3.05, 3.63) is 29.8 Å². The molecule has 2 unspecified atom stereocenters. The zero-order chi connectivity index (χ0) is 17.2. The molecule has 0 bridgehead atoms. The van der Waals surface area contributed by atoms with E-state index in [0.29, 0.717) is 12.5 Å². The van der Waals surface area contributed by atoms with Crippen LogP contribution in [0.25, 0.3) is 0 Å². The van der Waals surface area contributed by atoms with Gasteiger partial charge in [0.2, 0.25) is 0 Å². The Morgan fingerprint density at radius 2 is 1.92 bits per heavy atom. The number of nitrogens with zero attached hydrogens (tertiary/aromatic N) is 1. The smallest absolute Gasteiger partial charge is 0.266 e. The van der Waals surface area contributed by atoms with E-state index in [9.17, 15) is 8.42 Å². The summed E-state index contributed by atoms with van der Waals surface area (Å²) in [5, 5.41) is 0. The highest BCUT2D eigenvalue weighted by Gasteiger charge is 2.43. The summed E-state index contributed by atoms with van der Waals surface area (Å²) in [4.78, 5) is 0.250. The molecule has 0 radical (unpaired) electrons. The van der Waals surface area contributed by atoms with Crippen molar-refractivity contribution in [3.63, 3.8) is 0 Å². The molecule has 4 nitrogen and oxygen atoms in total. The third kappa shape index (κ3) is 4.45. The van der Waals surface area contributed by atoms with E-state index < -0.39 is 10.1 Å². The van der Waals surface area contributed by atoms with Crippen LogP contribution < -0.4 is 0 Å². The van der Waals surface area contributed by atoms with Gasteiger partial charge in [-0.1, -0.05) is 24.0 Å². The molecule has 1 heterocycles. The minimum Gasteiger partial charge on any atom is -0.266 e. The van der Waals surface area contributed by atoms with Crippen LogP contribution in [0.5, 0.6) is 0 Å². The van der Waals surface area contributed by atoms with E-state index in [2.05, 4.69) is 11.0 Å². The van der Waals surface area contributed by atoms with E-state index in [1.54, 1.807) is 24.3 Å². The highest BCUT2D eigenvalue weighted by atomic mass is 32.2. The van der Waals surface area contributed by atoms with Gasteiger partial charge in [0.25, 0.3) is 10.1 Å². The zero-order valence-electron chi connectivity index (χ0n) is 14.2. The van der Waals surface area contributed by atoms with Gasteiger partial charge in [0.05, 0.1) is 11.5 Å². The molecule has 1 saturated carbocycles. The Morgan fingerprint density at radius 3 is 2.54 bits per heavy atom. The summed E-state index contributed by atoms with van der Waals surface area (Å²) in [7, 11) is -2.48. The lowest BCUT2D eigenvalue weighted by Gasteiger charge is -2.29. The van der Waals surface area contributed by atoms with Crippen molar-refractivity contribution in [2.75, 3.05) is 19.7 Å². The van der Waals surface area contributed by atoms with Crippen LogP contribution in [0.4, 0.5) is 0 Å². The molecule has 1 aliphatic heterocycles. The third-order valence-electron chi connectivity index (χ3n) is 5.34. The molecule has 6 heteroatoms. The Hall–Kier alpha value is -0.740. The van der Waals surface area contributed by atoms with Crippen molar-refractivity contribution >= 4 is 24.8 Å². The second-order valence-electron chi connectivity index (χ2n) is 6.97. The molecule has 0 N–H and O–H groups in total. The summed E-state index contributed by atoms with van der Waals surface area (Å²) in [6.07, 6.45) is 8.53. The fourth-order valence-corrected chi connectivity index (χ4v) is 5.15. The van der Waals surface area contributed by atoms with Crippen LogP contribution in [0, 0.1) is 24.7 Å². The lowest BCUT2D eigenvalue weighted by molar-refractivity contribution is 0.248. The fourth-order valence-electron chi connectivity index (χ4n) is 3.72. The predicted molar refractivity (Wildman–Crippen MR) is 98.9 cm³/mol. The van der Waals surface area contributed by atoms with Crippen molar-refractivity contribution in [1.82, 2.24) is 4.67 Å². The topological polar surface area (TPSA) is 46.6 Å². The van der Waals surface area contributed by atoms with Crippen molar-refractivity contribution < 1.29 is 12.6 Å². The molecule has 24 heavy (non-hydrogen) atoms. The quantitative estimate of drug-likeness (QED) is 0.544. The summed E-state index contributed by atoms with van der Waals surface area (Å²) >= 11 is 0. The van der Waals surface area contributed by atoms with Gasteiger partial charge in [-0.2, -0.15) is 8.42 Å². The number of aryl methyl sites for hydroxylation is 1. The molecule has 0 spiro atoms. The summed E-state index contributed by atoms with van der Waals surface area (Å²) in [5.74, 6) is 2.23. The summed E-state index contributed by atoms with van der Waals surface area (Å²) in [5.41, 5.74) is 1.04. The fraction of sp³-hybridized carbons (Fsp3) is 0.611. The number of benzene rings is 1. The SMILES string of the molecule is C=PN1CCC(C2CC2CCOS(=O)(=O)c2ccc(C)cc2)CC1. The van der Waals surface area contributed by atoms with E-state index >= 15 is 0 Å². The van der Waals surface area contributed by atoms with Crippen LogP contribution in [0.2, 0.25) is 0 Å². The summed E-state index contributed by atoms with van der Waals surface area (Å²) in [6, 6.07) is 6.82. The maximum atomic E-state index is 12.2. The third-order valence-corrected chi connectivity index (χ3v) is 7.46. The zero-order valence-corrected chi connectivity index (χ0v) is 15.9. The average Bonchev–Trinajstić information content (AvgIpc) is 3.35. The van der Waals surface area contributed by atoms with Gasteiger partial charge in [-0.25, -0.2) is 0 Å². The molecule has 1 aromatic carbocycles. The predicted octanol–water partition coefficient (Wildman–Crippen LogP) is 3.73. The molecule has 2 fully saturated rings. The van der Waals surface area contributed by atoms with E-state index in [0.717, 1.165) is 45.3 Å². The van der Waals surface area contributed by atoms with Crippen LogP contribution in [0.15, 0.2) is 29.2 Å². The second kappa shape index (κ2) is 7.65. The van der Waals surface area contributed by atoms with E-state index in [1.807, 2.05) is 6.92 Å². The maximum absolute atomic E-state index is 12.2. The van der Waals surface area contributed by atoms with Gasteiger partial charge in [0.1, 0.15) is 0 Å². The molecular weight excluding hydrogens is 341 g/mol. The van der Waals surface area contributed by atoms with Gasteiger partial charge >= 0.3 is 0 Å². The molecule has 0 aromatic heterocycles. The van der Waals surface area contributed by atoms with Crippen molar-refractivity contribution in [2.24, 2.45) is 17.8 Å². The first-order valence-electron chi connectivity index (χ1n) is 8.67. The Morgan fingerprint density at radius 1 is 1.25 bits per heavy atom. The molecular formula is C18H26NO3PS. The van der Waals surface area contributed by atoms with Crippen LogP contribution >= 0.6 is 8.35 Å². The minimum absolute atomic E-state index is 0.250. The molecule has 0 amide bonds. The van der Waals surface area contributed by atoms with Crippen molar-refractivity contribution in [3.8, 4) is 0 Å². The number of hydrogen-bond acceptors (Lipinski definition) is 4. The van der Waals surface area contributed by atoms with E-state index in [4.69, 9.17) is 4.18 Å². The maximum Gasteiger partial charge on any atom is 0.296 e. The lowest BCUT2D eigenvalue weighted by atomic mass is 9.91. The first kappa shape index (κ1) is 18.1. The van der Waals surface area contributed by atoms with Crippen LogP contribution in [0.1, 0.15) is 31.2 Å². The van der Waals surface area contributed by atoms with Gasteiger partial charge in [0.15, 0.2) is 0 Å². The highest BCUT2D eigenvalue weighted by Crippen LogP contribution is 2.50. The van der Waals surface area contributed by atoms with Gasteiger partial charge in [0, 0.05) is 13.1 Å². The van der Waals surface area contributed by atoms with Gasteiger partial charge in [-0.05, 0) is 70.8 Å². The Kier molecular flexibility index (Phi) is 5.76. The number of rotatable bonds is 7. The van der Waals surface area contributed by atoms with E-state index in [-0.39, 0.29) is 4.90 Å². The largest absolute Gasteiger partial charge is 0.296 e. The number of hydrogen-bond donors (Lipinski definition) is 0. The first-order valence-corrected chi connectivity index (χ1v) is 11.1. The van der Waals surface area contributed by atoms with Crippen LogP contribution in [0.3, 0.4) is 0 Å². The van der Waals surface area contributed by atoms with Crippen LogP contribution in [-0.4, -0.2) is 39.1 Å². The lowest BCUT2D eigenvalue weighted by Crippen LogP contribution is -2.27. The van der Waals surface area contributed by atoms with E-state index in [1.165, 1.54) is 19.3 Å². The molecule has 1 saturated heterocycles. The molecule has 132 valence electrons. The Balaban J connectivity index is 1.41. The monoisotopic (exact) mass is 367 g/mol. The highest BCUT2D eigenvalue weighted by molar-refractivity contribution is 7.86. The van der Waals surface area contributed by atoms with Gasteiger partial charge in [-0.15, -0.1) is 0 Å². The molecule has 3 rings (SSSR count). The first-order chi connectivity index (χ1) is 11.5. The molecule has 1 aliphatic carbocycles. The molecule has 2 atom stereocenters. The molecule has 1 aromatic rings. The molecule has 2 aliphatic rings. The minimum atomic E-state index is -3.61. The van der Waals surface area contributed by atoms with Crippen molar-refractivity contribution in [2.45, 2.75) is 37.5 Å². The summed E-state index contributed by atoms with van der Waals surface area (Å²) < 4.78 is 31.9. The standard InChI is InChI=1S/C18H26NO3PS/c1-14-3-5-17(6-4-14)24(20,21)22-12-9-16-13-18(16)15-7-10-19(23-2)11-8-15/h3-6,15-16,18H,2,7-13H2,1H3.